The quantitative estimate of drug-likeness (QED) is 0.614. The number of carboxylic acids is 1. The van der Waals surface area contributed by atoms with Crippen molar-refractivity contribution in [3.63, 3.8) is 0 Å². The third-order valence-electron chi connectivity index (χ3n) is 4.38. The number of aromatic nitrogens is 3. The van der Waals surface area contributed by atoms with E-state index >= 15 is 0 Å². The first kappa shape index (κ1) is 21.5. The van der Waals surface area contributed by atoms with Gasteiger partial charge in [0.1, 0.15) is 0 Å². The van der Waals surface area contributed by atoms with Gasteiger partial charge in [-0.15, -0.1) is 5.10 Å². The van der Waals surface area contributed by atoms with Gasteiger partial charge in [0.25, 0.3) is 0 Å². The highest BCUT2D eigenvalue weighted by Gasteiger charge is 2.27. The van der Waals surface area contributed by atoms with Crippen molar-refractivity contribution in [2.45, 2.75) is 52.5 Å². The van der Waals surface area contributed by atoms with Gasteiger partial charge in [-0.1, -0.05) is 17.3 Å². The number of nitrogens with zero attached hydrogens (tertiary/aromatic N) is 3. The molecule has 1 heterocycles. The number of nitrogens with one attached hydrogen (secondary N) is 1. The largest absolute Gasteiger partial charge is 0.481 e. The van der Waals surface area contributed by atoms with Gasteiger partial charge in [0.2, 0.25) is 5.91 Å². The Kier molecular flexibility index (Phi) is 7.66. The molecule has 1 aromatic heterocycles. The van der Waals surface area contributed by atoms with E-state index in [1.54, 1.807) is 42.9 Å². The lowest BCUT2D eigenvalue weighted by atomic mass is 9.86. The smallest absolute Gasteiger partial charge is 0.309 e. The van der Waals surface area contributed by atoms with Gasteiger partial charge in [-0.05, 0) is 57.2 Å². The van der Waals surface area contributed by atoms with Crippen molar-refractivity contribution < 1.29 is 19.1 Å². The molecule has 28 heavy (non-hydrogen) atoms. The molecule has 0 bridgehead atoms. The van der Waals surface area contributed by atoms with Crippen LogP contribution in [0.4, 0.5) is 10.1 Å². The minimum Gasteiger partial charge on any atom is -0.481 e. The first-order valence-corrected chi connectivity index (χ1v) is 9.37. The fourth-order valence-corrected chi connectivity index (χ4v) is 2.78. The number of carbonyl (C=O) groups is 2. The summed E-state index contributed by atoms with van der Waals surface area (Å²) < 4.78 is 13.8. The Balaban J connectivity index is 1.80. The number of rotatable bonds is 11. The average Bonchev–Trinajstić information content (AvgIpc) is 3.07. The highest BCUT2D eigenvalue weighted by Crippen LogP contribution is 2.23. The second-order valence-electron chi connectivity index (χ2n) is 7.48. The number of anilines is 1. The predicted octanol–water partition coefficient (Wildman–Crippen LogP) is 3.25. The Morgan fingerprint density at radius 1 is 1.29 bits per heavy atom. The van der Waals surface area contributed by atoms with Crippen molar-refractivity contribution >= 4 is 17.6 Å². The molecule has 0 radical (unpaired) electrons. The molecule has 2 N–H and O–H groups in total. The summed E-state index contributed by atoms with van der Waals surface area (Å²) in [5.41, 5.74) is 1.39. The number of hydrogen-bond acceptors (Lipinski definition) is 4. The normalized spacial score (nSPS) is 11.4. The first-order chi connectivity index (χ1) is 13.3. The van der Waals surface area contributed by atoms with Gasteiger partial charge < -0.3 is 10.4 Å². The molecule has 152 valence electrons. The third kappa shape index (κ3) is 6.75. The van der Waals surface area contributed by atoms with Gasteiger partial charge in [-0.2, -0.15) is 0 Å². The number of aliphatic carboxylic acids is 1. The van der Waals surface area contributed by atoms with Gasteiger partial charge in [-0.25, -0.2) is 0 Å². The van der Waals surface area contributed by atoms with E-state index in [1.807, 2.05) is 6.07 Å². The molecular weight excluding hydrogens is 363 g/mol. The molecule has 0 unspecified atom stereocenters. The predicted molar refractivity (Wildman–Crippen MR) is 104 cm³/mol. The van der Waals surface area contributed by atoms with Crippen LogP contribution in [0.3, 0.4) is 0 Å². The highest BCUT2D eigenvalue weighted by molar-refractivity contribution is 5.90. The summed E-state index contributed by atoms with van der Waals surface area (Å²) in [5.74, 6) is -0.977. The van der Waals surface area contributed by atoms with Gasteiger partial charge >= 0.3 is 5.97 Å². The van der Waals surface area contributed by atoms with Crippen LogP contribution in [0, 0.1) is 5.41 Å². The molecule has 0 saturated carbocycles. The maximum absolute atomic E-state index is 12.2. The fourth-order valence-electron chi connectivity index (χ4n) is 2.78. The number of aryl methyl sites for hydroxylation is 2. The molecule has 1 aromatic carbocycles. The lowest BCUT2D eigenvalue weighted by molar-refractivity contribution is -0.146. The van der Waals surface area contributed by atoms with Crippen molar-refractivity contribution in [1.29, 1.82) is 0 Å². The SMILES string of the molecule is CC(C)(Cc1cccc(NC(=O)CCCn2cc(CCCF)nn2)c1)C(=O)O. The number of hydrogen-bond donors (Lipinski definition) is 2. The van der Waals surface area contributed by atoms with Crippen molar-refractivity contribution in [2.24, 2.45) is 5.41 Å². The zero-order valence-corrected chi connectivity index (χ0v) is 16.3. The third-order valence-corrected chi connectivity index (χ3v) is 4.38. The van der Waals surface area contributed by atoms with Crippen LogP contribution in [0.5, 0.6) is 0 Å². The first-order valence-electron chi connectivity index (χ1n) is 9.37. The van der Waals surface area contributed by atoms with Gasteiger partial charge in [0.15, 0.2) is 0 Å². The number of benzene rings is 1. The average molecular weight is 390 g/mol. The van der Waals surface area contributed by atoms with E-state index in [0.29, 0.717) is 44.3 Å². The number of carboxylic acid groups (broad SMARTS) is 1. The highest BCUT2D eigenvalue weighted by atomic mass is 19.1. The zero-order chi connectivity index (χ0) is 20.6. The summed E-state index contributed by atoms with van der Waals surface area (Å²) in [6.07, 6.45) is 4.08. The topological polar surface area (TPSA) is 97.1 Å². The second-order valence-corrected chi connectivity index (χ2v) is 7.48. The molecular formula is C20H27FN4O3. The Hall–Kier alpha value is -2.77. The Bertz CT molecular complexity index is 804. The summed E-state index contributed by atoms with van der Waals surface area (Å²) >= 11 is 0. The van der Waals surface area contributed by atoms with Crippen LogP contribution >= 0.6 is 0 Å². The molecule has 0 aliphatic rings. The van der Waals surface area contributed by atoms with Crippen LogP contribution in [-0.2, 0) is 29.0 Å². The number of halogens is 1. The minimum absolute atomic E-state index is 0.118. The van der Waals surface area contributed by atoms with Crippen molar-refractivity contribution in [3.05, 3.63) is 41.7 Å². The molecule has 0 saturated heterocycles. The molecule has 0 fully saturated rings. The summed E-state index contributed by atoms with van der Waals surface area (Å²) in [6, 6.07) is 7.24. The number of alkyl halides is 1. The van der Waals surface area contributed by atoms with E-state index in [-0.39, 0.29) is 12.6 Å². The van der Waals surface area contributed by atoms with E-state index in [2.05, 4.69) is 15.6 Å². The van der Waals surface area contributed by atoms with Crippen molar-refractivity contribution in [2.75, 3.05) is 12.0 Å². The van der Waals surface area contributed by atoms with Gasteiger partial charge in [-0.3, -0.25) is 18.7 Å². The molecule has 8 heteroatoms. The number of amides is 1. The van der Waals surface area contributed by atoms with Crippen LogP contribution in [0.25, 0.3) is 0 Å². The maximum atomic E-state index is 12.2. The van der Waals surface area contributed by atoms with E-state index in [9.17, 15) is 19.1 Å². The molecule has 0 aliphatic heterocycles. The van der Waals surface area contributed by atoms with E-state index in [4.69, 9.17) is 0 Å². The molecule has 0 aliphatic carbocycles. The fraction of sp³-hybridized carbons (Fsp3) is 0.500. The van der Waals surface area contributed by atoms with E-state index in [0.717, 1.165) is 11.3 Å². The van der Waals surface area contributed by atoms with Gasteiger partial charge in [0.05, 0.1) is 17.8 Å². The summed E-state index contributed by atoms with van der Waals surface area (Å²) in [7, 11) is 0. The van der Waals surface area contributed by atoms with Crippen LogP contribution < -0.4 is 5.32 Å². The lowest BCUT2D eigenvalue weighted by Crippen LogP contribution is -2.26. The second kappa shape index (κ2) is 9.96. The van der Waals surface area contributed by atoms with Gasteiger partial charge in [0, 0.05) is 24.8 Å². The van der Waals surface area contributed by atoms with Crippen LogP contribution in [0.1, 0.15) is 44.4 Å². The standard InChI is InChI=1S/C20H27FN4O3/c1-20(2,19(27)28)13-15-6-3-7-16(12-15)22-18(26)9-5-11-25-14-17(23-24-25)8-4-10-21/h3,6-7,12,14H,4-5,8-11,13H2,1-2H3,(H,22,26)(H,27,28). The van der Waals surface area contributed by atoms with Crippen LogP contribution in [-0.4, -0.2) is 38.7 Å². The minimum atomic E-state index is -0.872. The summed E-state index contributed by atoms with van der Waals surface area (Å²) in [4.78, 5) is 23.4. The molecule has 1 amide bonds. The van der Waals surface area contributed by atoms with Crippen molar-refractivity contribution in [1.82, 2.24) is 15.0 Å². The molecule has 0 spiro atoms. The zero-order valence-electron chi connectivity index (χ0n) is 16.3. The molecule has 2 aromatic rings. The van der Waals surface area contributed by atoms with Crippen LogP contribution in [0.15, 0.2) is 30.5 Å². The maximum Gasteiger partial charge on any atom is 0.309 e. The van der Waals surface area contributed by atoms with E-state index < -0.39 is 11.4 Å². The monoisotopic (exact) mass is 390 g/mol. The number of carbonyl (C=O) groups excluding carboxylic acids is 1. The Labute approximate surface area is 163 Å². The lowest BCUT2D eigenvalue weighted by Gasteiger charge is -2.19. The van der Waals surface area contributed by atoms with Crippen molar-refractivity contribution in [3.8, 4) is 0 Å². The molecule has 0 atom stereocenters. The van der Waals surface area contributed by atoms with Crippen LogP contribution in [0.2, 0.25) is 0 Å². The summed E-state index contributed by atoms with van der Waals surface area (Å²) in [5, 5.41) is 20.0. The summed E-state index contributed by atoms with van der Waals surface area (Å²) in [6.45, 7) is 3.53. The Morgan fingerprint density at radius 2 is 2.07 bits per heavy atom. The molecule has 7 nitrogen and oxygen atoms in total. The van der Waals surface area contributed by atoms with E-state index in [1.165, 1.54) is 0 Å². The Morgan fingerprint density at radius 3 is 2.79 bits per heavy atom. The molecule has 2 rings (SSSR count).